The van der Waals surface area contributed by atoms with Crippen LogP contribution in [-0.2, 0) is 34.2 Å². The zero-order valence-electron chi connectivity index (χ0n) is 14.6. The molecule has 0 amide bonds. The summed E-state index contributed by atoms with van der Waals surface area (Å²) < 4.78 is 1.61. The Morgan fingerprint density at radius 3 is 1.39 bits per heavy atom. The summed E-state index contributed by atoms with van der Waals surface area (Å²) in [5.41, 5.74) is 0. The molecule has 0 heterocycles. The van der Waals surface area contributed by atoms with Crippen molar-refractivity contribution >= 4 is 11.6 Å². The molecule has 23 heavy (non-hydrogen) atoms. The molecule has 2 aliphatic carbocycles. The maximum atomic E-state index is 12.4. The monoisotopic (exact) mass is 504 g/mol. The number of allylic oxidation sites excluding steroid dienone is 2. The van der Waals surface area contributed by atoms with Crippen molar-refractivity contribution in [2.45, 2.75) is 77.0 Å². The average molecular weight is 503 g/mol. The molecule has 0 N–H and O–H groups in total. The van der Waals surface area contributed by atoms with Crippen molar-refractivity contribution < 1.29 is 34.2 Å². The first-order valence-corrected chi connectivity index (χ1v) is 15.0. The summed E-state index contributed by atoms with van der Waals surface area (Å²) >= 11 is -1.85. The Morgan fingerprint density at radius 1 is 0.696 bits per heavy atom. The molecule has 0 radical (unpaired) electrons. The summed E-state index contributed by atoms with van der Waals surface area (Å²) in [4.78, 5) is 24.7. The van der Waals surface area contributed by atoms with E-state index in [1.165, 1.54) is 64.2 Å². The van der Waals surface area contributed by atoms with Crippen LogP contribution < -0.4 is 0 Å². The van der Waals surface area contributed by atoms with Gasteiger partial charge in [0.1, 0.15) is 0 Å². The summed E-state index contributed by atoms with van der Waals surface area (Å²) in [6.07, 6.45) is 13.8. The number of Topliss-reactive ketones (excluding diaryl/α,β-unsaturated/α-hetero) is 2. The summed E-state index contributed by atoms with van der Waals surface area (Å²) in [5.74, 6) is 1.61. The fourth-order valence-electron chi connectivity index (χ4n) is 4.05. The van der Waals surface area contributed by atoms with Crippen LogP contribution in [0.1, 0.15) is 77.0 Å². The molecular formula is C20H30HgO2. The third-order valence-electron chi connectivity index (χ3n) is 5.61. The van der Waals surface area contributed by atoms with Crippen molar-refractivity contribution in [3.63, 3.8) is 0 Å². The molecular weight excluding hydrogens is 473 g/mol. The molecule has 2 saturated carbocycles. The molecule has 2 aliphatic rings. The Kier molecular flexibility index (Phi) is 8.22. The minimum atomic E-state index is -1.85. The summed E-state index contributed by atoms with van der Waals surface area (Å²) in [7, 11) is 0. The van der Waals surface area contributed by atoms with E-state index in [4.69, 9.17) is 0 Å². The van der Waals surface area contributed by atoms with E-state index in [1.807, 2.05) is 0 Å². The van der Waals surface area contributed by atoms with Gasteiger partial charge in [0.2, 0.25) is 0 Å². The van der Waals surface area contributed by atoms with E-state index in [1.54, 1.807) is 0 Å². The number of rotatable bonds is 8. The van der Waals surface area contributed by atoms with Gasteiger partial charge < -0.3 is 0 Å². The van der Waals surface area contributed by atoms with Crippen LogP contribution in [0, 0.1) is 11.8 Å². The summed E-state index contributed by atoms with van der Waals surface area (Å²) in [6, 6.07) is 0. The van der Waals surface area contributed by atoms with Gasteiger partial charge in [-0.25, -0.2) is 0 Å². The Morgan fingerprint density at radius 2 is 1.04 bits per heavy atom. The number of hydrogen-bond donors (Lipinski definition) is 0. The molecule has 124 valence electrons. The molecule has 3 heteroatoms. The molecule has 0 saturated heterocycles. The number of carbonyl (C=O) groups excluding carboxylic acids is 2. The van der Waals surface area contributed by atoms with E-state index in [-0.39, 0.29) is 11.6 Å². The molecule has 0 unspecified atom stereocenters. The van der Waals surface area contributed by atoms with E-state index in [9.17, 15) is 9.59 Å². The Labute approximate surface area is 153 Å². The van der Waals surface area contributed by atoms with Gasteiger partial charge in [-0.15, -0.1) is 0 Å². The number of carbonyl (C=O) groups is 2. The predicted octanol–water partition coefficient (Wildman–Crippen LogP) is 5.18. The van der Waals surface area contributed by atoms with Gasteiger partial charge in [-0.05, 0) is 0 Å². The second kappa shape index (κ2) is 9.91. The molecule has 2 rings (SSSR count). The molecule has 0 aromatic rings. The topological polar surface area (TPSA) is 34.1 Å². The molecule has 0 aliphatic heterocycles. The number of hydrogen-bond acceptors (Lipinski definition) is 2. The normalized spacial score (nSPS) is 19.8. The third kappa shape index (κ3) is 6.64. The molecule has 0 bridgehead atoms. The van der Waals surface area contributed by atoms with Gasteiger partial charge in [0.25, 0.3) is 0 Å². The standard InChI is InChI=1S/2C10H15O.Hg/c2*1-2-10(11)8-9-6-4-3-5-7-9;/h2*9H,1,3-8H2;. The quantitative estimate of drug-likeness (QED) is 0.339. The second-order valence-corrected chi connectivity index (χ2v) is 15.7. The van der Waals surface area contributed by atoms with Crippen LogP contribution >= 0.6 is 0 Å². The predicted molar refractivity (Wildman–Crippen MR) is 90.7 cm³/mol. The Bertz CT molecular complexity index is 412. The van der Waals surface area contributed by atoms with Crippen LogP contribution in [-0.4, -0.2) is 11.6 Å². The molecule has 2 nitrogen and oxygen atoms in total. The van der Waals surface area contributed by atoms with Gasteiger partial charge >= 0.3 is 154 Å². The fraction of sp³-hybridized carbons (Fsp3) is 0.700. The van der Waals surface area contributed by atoms with Gasteiger partial charge in [-0.1, -0.05) is 0 Å². The van der Waals surface area contributed by atoms with Crippen LogP contribution in [0.5, 0.6) is 0 Å². The SMILES string of the molecule is C=[C]([Hg][C](=C)C(=O)CC1CCCCC1)C(=O)CC1CCCCC1. The van der Waals surface area contributed by atoms with Crippen LogP contribution in [0.25, 0.3) is 0 Å². The first-order valence-electron chi connectivity index (χ1n) is 9.48. The van der Waals surface area contributed by atoms with E-state index < -0.39 is 24.6 Å². The number of ketones is 2. The minimum absolute atomic E-state index is 0.241. The van der Waals surface area contributed by atoms with Gasteiger partial charge in [-0.2, -0.15) is 0 Å². The van der Waals surface area contributed by atoms with Crippen molar-refractivity contribution in [2.24, 2.45) is 11.8 Å². The van der Waals surface area contributed by atoms with E-state index in [0.29, 0.717) is 24.7 Å². The second-order valence-electron chi connectivity index (χ2n) is 7.65. The van der Waals surface area contributed by atoms with E-state index >= 15 is 0 Å². The van der Waals surface area contributed by atoms with Crippen LogP contribution in [0.15, 0.2) is 19.3 Å². The Balaban J connectivity index is 1.73. The zero-order chi connectivity index (χ0) is 16.7. The average Bonchev–Trinajstić information content (AvgIpc) is 2.56. The first kappa shape index (κ1) is 19.1. The van der Waals surface area contributed by atoms with Crippen molar-refractivity contribution in [1.29, 1.82) is 0 Å². The molecule has 0 aromatic carbocycles. The van der Waals surface area contributed by atoms with Gasteiger partial charge in [0.05, 0.1) is 0 Å². The van der Waals surface area contributed by atoms with Crippen LogP contribution in [0.4, 0.5) is 0 Å². The molecule has 0 aromatic heterocycles. The van der Waals surface area contributed by atoms with Crippen molar-refractivity contribution in [3.05, 3.63) is 19.3 Å². The van der Waals surface area contributed by atoms with Gasteiger partial charge in [0.15, 0.2) is 0 Å². The first-order chi connectivity index (χ1) is 11.1. The van der Waals surface area contributed by atoms with Crippen molar-refractivity contribution in [1.82, 2.24) is 0 Å². The molecule has 2 fully saturated rings. The molecule has 0 spiro atoms. The van der Waals surface area contributed by atoms with Gasteiger partial charge in [-0.3, -0.25) is 0 Å². The van der Waals surface area contributed by atoms with Gasteiger partial charge in [0, 0.05) is 0 Å². The van der Waals surface area contributed by atoms with Crippen LogP contribution in [0.2, 0.25) is 0 Å². The zero-order valence-corrected chi connectivity index (χ0v) is 20.1. The van der Waals surface area contributed by atoms with Crippen LogP contribution in [0.3, 0.4) is 0 Å². The summed E-state index contributed by atoms with van der Waals surface area (Å²) in [6.45, 7) is 8.05. The maximum absolute atomic E-state index is 12.4. The molecule has 0 atom stereocenters. The summed E-state index contributed by atoms with van der Waals surface area (Å²) in [5, 5.41) is 0. The van der Waals surface area contributed by atoms with Crippen molar-refractivity contribution in [3.8, 4) is 0 Å². The van der Waals surface area contributed by atoms with Crippen molar-refractivity contribution in [2.75, 3.05) is 0 Å². The van der Waals surface area contributed by atoms with E-state index in [2.05, 4.69) is 13.2 Å². The van der Waals surface area contributed by atoms with E-state index in [0.717, 1.165) is 6.16 Å². The third-order valence-corrected chi connectivity index (χ3v) is 12.0. The Hall–Kier alpha value is -0.245. The fourth-order valence-corrected chi connectivity index (χ4v) is 8.71.